The Hall–Kier alpha value is -0.930. The lowest BCUT2D eigenvalue weighted by atomic mass is 10.1. The average molecular weight is 213 g/mol. The van der Waals surface area contributed by atoms with Gasteiger partial charge < -0.3 is 5.73 Å². The van der Waals surface area contributed by atoms with Crippen molar-refractivity contribution in [2.45, 2.75) is 13.3 Å². The van der Waals surface area contributed by atoms with Crippen LogP contribution in [0.4, 0.5) is 11.4 Å². The molecule has 14 heavy (non-hydrogen) atoms. The highest BCUT2D eigenvalue weighted by atomic mass is 35.5. The quantitative estimate of drug-likeness (QED) is 0.727. The van der Waals surface area contributed by atoms with Gasteiger partial charge in [-0.15, -0.1) is 0 Å². The summed E-state index contributed by atoms with van der Waals surface area (Å²) in [7, 11) is 0. The van der Waals surface area contributed by atoms with Crippen molar-refractivity contribution in [3.05, 3.63) is 22.7 Å². The Morgan fingerprint density at radius 3 is 2.93 bits per heavy atom. The molecule has 1 aromatic carbocycles. The van der Waals surface area contributed by atoms with Crippen molar-refractivity contribution in [2.24, 2.45) is 0 Å². The molecule has 1 fully saturated rings. The summed E-state index contributed by atoms with van der Waals surface area (Å²) in [5.41, 5.74) is 8.50. The highest BCUT2D eigenvalue weighted by Gasteiger charge is 2.19. The van der Waals surface area contributed by atoms with E-state index in [1.807, 2.05) is 24.1 Å². The summed E-state index contributed by atoms with van der Waals surface area (Å²) >= 11 is 6.03. The van der Waals surface area contributed by atoms with Gasteiger partial charge in [-0.1, -0.05) is 11.6 Å². The minimum Gasteiger partial charge on any atom is -0.397 e. The van der Waals surface area contributed by atoms with Crippen molar-refractivity contribution >= 4 is 23.0 Å². The summed E-state index contributed by atoms with van der Waals surface area (Å²) in [4.78, 5) is 5.45. The van der Waals surface area contributed by atoms with Crippen molar-refractivity contribution in [1.29, 1.82) is 0 Å². The van der Waals surface area contributed by atoms with E-state index in [-0.39, 0.29) is 0 Å². The molecule has 1 saturated heterocycles. The van der Waals surface area contributed by atoms with Gasteiger partial charge in [0.1, 0.15) is 0 Å². The maximum atomic E-state index is 6.03. The fraction of sp³-hybridized carbons (Fsp3) is 0.400. The van der Waals surface area contributed by atoms with Crippen molar-refractivity contribution in [3.8, 4) is 0 Å². The summed E-state index contributed by atoms with van der Waals surface area (Å²) < 4.78 is 0. The van der Waals surface area contributed by atoms with Gasteiger partial charge in [-0.05, 0) is 31.0 Å². The first-order valence-electron chi connectivity index (χ1n) is 4.65. The van der Waals surface area contributed by atoms with E-state index in [4.69, 9.17) is 22.2 Å². The molecule has 0 bridgehead atoms. The predicted octanol–water partition coefficient (Wildman–Crippen LogP) is 2.37. The molecular weight excluding hydrogens is 200 g/mol. The highest BCUT2D eigenvalue weighted by molar-refractivity contribution is 6.31. The van der Waals surface area contributed by atoms with Crippen LogP contribution in [0, 0.1) is 6.92 Å². The molecule has 4 heteroatoms. The number of halogens is 1. The molecule has 3 nitrogen and oxygen atoms in total. The Kier molecular flexibility index (Phi) is 2.52. The van der Waals surface area contributed by atoms with E-state index in [0.717, 1.165) is 35.8 Å². The summed E-state index contributed by atoms with van der Waals surface area (Å²) in [5, 5.41) is 2.56. The molecule has 0 aromatic heterocycles. The zero-order chi connectivity index (χ0) is 10.1. The third-order valence-electron chi connectivity index (χ3n) is 2.40. The van der Waals surface area contributed by atoms with Gasteiger partial charge in [-0.2, -0.15) is 0 Å². The Balaban J connectivity index is 2.44. The first kappa shape index (κ1) is 9.62. The van der Waals surface area contributed by atoms with Crippen LogP contribution < -0.4 is 10.8 Å². The zero-order valence-corrected chi connectivity index (χ0v) is 8.84. The normalized spacial score (nSPS) is 16.3. The van der Waals surface area contributed by atoms with Gasteiger partial charge in [0.15, 0.2) is 0 Å². The highest BCUT2D eigenvalue weighted by Crippen LogP contribution is 2.34. The van der Waals surface area contributed by atoms with Crippen molar-refractivity contribution < 1.29 is 4.84 Å². The second kappa shape index (κ2) is 3.67. The SMILES string of the molecule is Cc1c(Cl)ccc(N)c1N1CCCO1. The van der Waals surface area contributed by atoms with Crippen molar-refractivity contribution in [2.75, 3.05) is 23.9 Å². The van der Waals surface area contributed by atoms with Crippen molar-refractivity contribution in [3.63, 3.8) is 0 Å². The number of nitrogen functional groups attached to an aromatic ring is 1. The summed E-state index contributed by atoms with van der Waals surface area (Å²) in [6.07, 6.45) is 1.03. The second-order valence-corrected chi connectivity index (χ2v) is 3.81. The van der Waals surface area contributed by atoms with E-state index in [0.29, 0.717) is 5.69 Å². The van der Waals surface area contributed by atoms with E-state index < -0.39 is 0 Å². The minimum absolute atomic E-state index is 0.716. The molecule has 0 amide bonds. The number of anilines is 2. The first-order valence-corrected chi connectivity index (χ1v) is 5.03. The summed E-state index contributed by atoms with van der Waals surface area (Å²) in [6.45, 7) is 3.59. The smallest absolute Gasteiger partial charge is 0.0909 e. The lowest BCUT2D eigenvalue weighted by Gasteiger charge is -2.21. The van der Waals surface area contributed by atoms with E-state index in [9.17, 15) is 0 Å². The lowest BCUT2D eigenvalue weighted by Crippen LogP contribution is -2.18. The minimum atomic E-state index is 0.716. The second-order valence-electron chi connectivity index (χ2n) is 3.40. The van der Waals surface area contributed by atoms with E-state index in [1.165, 1.54) is 0 Å². The molecule has 1 aliphatic heterocycles. The standard InChI is InChI=1S/C10H13ClN2O/c1-7-8(11)3-4-9(12)10(7)13-5-2-6-14-13/h3-4H,2,5-6,12H2,1H3. The third kappa shape index (κ3) is 1.53. The number of nitrogens with zero attached hydrogens (tertiary/aromatic N) is 1. The fourth-order valence-corrected chi connectivity index (χ4v) is 1.80. The largest absolute Gasteiger partial charge is 0.397 e. The fourth-order valence-electron chi connectivity index (χ4n) is 1.65. The van der Waals surface area contributed by atoms with Crippen LogP contribution in [0.5, 0.6) is 0 Å². The number of rotatable bonds is 1. The molecule has 1 aliphatic rings. The van der Waals surface area contributed by atoms with Crippen LogP contribution in [0.2, 0.25) is 5.02 Å². The van der Waals surface area contributed by atoms with Crippen molar-refractivity contribution in [1.82, 2.24) is 0 Å². The van der Waals surface area contributed by atoms with Gasteiger partial charge in [-0.3, -0.25) is 9.90 Å². The van der Waals surface area contributed by atoms with Gasteiger partial charge in [0.2, 0.25) is 0 Å². The van der Waals surface area contributed by atoms with Crippen LogP contribution in [-0.2, 0) is 4.84 Å². The molecule has 2 rings (SSSR count). The molecular formula is C10H13ClN2O. The molecule has 0 aliphatic carbocycles. The van der Waals surface area contributed by atoms with Gasteiger partial charge in [0, 0.05) is 11.6 Å². The molecule has 1 aromatic rings. The maximum Gasteiger partial charge on any atom is 0.0909 e. The molecule has 2 N–H and O–H groups in total. The van der Waals surface area contributed by atoms with Gasteiger partial charge in [0.05, 0.1) is 18.0 Å². The van der Waals surface area contributed by atoms with E-state index in [2.05, 4.69) is 0 Å². The first-order chi connectivity index (χ1) is 6.70. The molecule has 0 atom stereocenters. The van der Waals surface area contributed by atoms with Crippen LogP contribution >= 0.6 is 11.6 Å². The molecule has 0 radical (unpaired) electrons. The molecule has 1 heterocycles. The van der Waals surface area contributed by atoms with E-state index >= 15 is 0 Å². The number of benzene rings is 1. The molecule has 76 valence electrons. The number of hydrogen-bond donors (Lipinski definition) is 1. The van der Waals surface area contributed by atoms with Crippen LogP contribution in [0.15, 0.2) is 12.1 Å². The lowest BCUT2D eigenvalue weighted by molar-refractivity contribution is 0.168. The Bertz CT molecular complexity index is 348. The van der Waals surface area contributed by atoms with Crippen LogP contribution in [0.3, 0.4) is 0 Å². The number of hydroxylamine groups is 1. The van der Waals surface area contributed by atoms with Gasteiger partial charge in [-0.25, -0.2) is 0 Å². The Morgan fingerprint density at radius 2 is 2.29 bits per heavy atom. The Morgan fingerprint density at radius 1 is 1.50 bits per heavy atom. The van der Waals surface area contributed by atoms with Gasteiger partial charge in [0.25, 0.3) is 0 Å². The topological polar surface area (TPSA) is 38.5 Å². The third-order valence-corrected chi connectivity index (χ3v) is 2.81. The zero-order valence-electron chi connectivity index (χ0n) is 8.09. The molecule has 0 spiro atoms. The van der Waals surface area contributed by atoms with Crippen LogP contribution in [-0.4, -0.2) is 13.2 Å². The maximum absolute atomic E-state index is 6.03. The van der Waals surface area contributed by atoms with Gasteiger partial charge >= 0.3 is 0 Å². The molecule has 0 unspecified atom stereocenters. The van der Waals surface area contributed by atoms with Crippen LogP contribution in [0.1, 0.15) is 12.0 Å². The molecule has 0 saturated carbocycles. The number of hydrogen-bond acceptors (Lipinski definition) is 3. The average Bonchev–Trinajstić information content (AvgIpc) is 2.65. The van der Waals surface area contributed by atoms with Crippen LogP contribution in [0.25, 0.3) is 0 Å². The monoisotopic (exact) mass is 212 g/mol. The predicted molar refractivity (Wildman–Crippen MR) is 58.5 cm³/mol. The Labute approximate surface area is 88.4 Å². The number of nitrogens with two attached hydrogens (primary N) is 1. The summed E-state index contributed by atoms with van der Waals surface area (Å²) in [5.74, 6) is 0. The van der Waals surface area contributed by atoms with E-state index in [1.54, 1.807) is 0 Å². The summed E-state index contributed by atoms with van der Waals surface area (Å²) in [6, 6.07) is 3.62.